The maximum Gasteiger partial charge on any atom is 0.276 e. The molecule has 3 rings (SSSR count). The van der Waals surface area contributed by atoms with Gasteiger partial charge in [-0.2, -0.15) is 0 Å². The lowest BCUT2D eigenvalue weighted by molar-refractivity contribution is 0.0995. The van der Waals surface area contributed by atoms with Crippen LogP contribution in [0.4, 0.5) is 11.6 Å². The predicted molar refractivity (Wildman–Crippen MR) is 116 cm³/mol. The van der Waals surface area contributed by atoms with Crippen molar-refractivity contribution in [1.82, 2.24) is 5.16 Å². The fraction of sp³-hybridized carbons (Fsp3) is 0.167. The van der Waals surface area contributed by atoms with Gasteiger partial charge in [0.15, 0.2) is 11.5 Å². The fourth-order valence-corrected chi connectivity index (χ4v) is 4.88. The van der Waals surface area contributed by atoms with Gasteiger partial charge in [-0.05, 0) is 24.4 Å². The SMILES string of the molecule is COc1cc(C(N)=O)c(N(C(=O)c2sccc2S(N)(=O)=O)c2onc(C)c2Cl)cc1OC. The van der Waals surface area contributed by atoms with Crippen LogP contribution >= 0.6 is 22.9 Å². The number of nitrogens with two attached hydrogens (primary N) is 2. The van der Waals surface area contributed by atoms with Crippen molar-refractivity contribution < 1.29 is 32.0 Å². The van der Waals surface area contributed by atoms with Gasteiger partial charge in [-0.15, -0.1) is 11.3 Å². The maximum absolute atomic E-state index is 13.6. The summed E-state index contributed by atoms with van der Waals surface area (Å²) in [4.78, 5) is 26.1. The highest BCUT2D eigenvalue weighted by Crippen LogP contribution is 2.42. The molecule has 2 heterocycles. The summed E-state index contributed by atoms with van der Waals surface area (Å²) >= 11 is 7.11. The molecule has 0 fully saturated rings. The second-order valence-electron chi connectivity index (χ2n) is 6.28. The van der Waals surface area contributed by atoms with Gasteiger partial charge in [-0.25, -0.2) is 18.5 Å². The number of carbonyl (C=O) groups excluding carboxylic acids is 2. The van der Waals surface area contributed by atoms with Crippen LogP contribution in [0.15, 0.2) is 33.0 Å². The topological polar surface area (TPSA) is 168 Å². The molecule has 2 amide bonds. The van der Waals surface area contributed by atoms with Gasteiger partial charge >= 0.3 is 0 Å². The number of primary sulfonamides is 1. The first-order valence-electron chi connectivity index (χ1n) is 8.63. The molecule has 0 aliphatic heterocycles. The first-order chi connectivity index (χ1) is 15.0. The zero-order chi connectivity index (χ0) is 23.8. The number of methoxy groups -OCH3 is 2. The Morgan fingerprint density at radius 2 is 1.84 bits per heavy atom. The second-order valence-corrected chi connectivity index (χ2v) is 9.10. The molecule has 32 heavy (non-hydrogen) atoms. The summed E-state index contributed by atoms with van der Waals surface area (Å²) in [5.41, 5.74) is 5.53. The quantitative estimate of drug-likeness (QED) is 0.498. The first-order valence-corrected chi connectivity index (χ1v) is 11.4. The summed E-state index contributed by atoms with van der Waals surface area (Å²) < 4.78 is 39.7. The average Bonchev–Trinajstić information content (AvgIpc) is 3.36. The number of aryl methyl sites for hydroxylation is 1. The number of benzene rings is 1. The van der Waals surface area contributed by atoms with Gasteiger partial charge in [0.25, 0.3) is 17.7 Å². The maximum atomic E-state index is 13.6. The van der Waals surface area contributed by atoms with Crippen LogP contribution in [0.3, 0.4) is 0 Å². The van der Waals surface area contributed by atoms with Crippen LogP contribution in [0.2, 0.25) is 5.02 Å². The van der Waals surface area contributed by atoms with Gasteiger partial charge in [0.1, 0.15) is 20.5 Å². The third-order valence-electron chi connectivity index (χ3n) is 4.32. The number of rotatable bonds is 7. The number of anilines is 2. The molecule has 14 heteroatoms. The van der Waals surface area contributed by atoms with E-state index in [1.54, 1.807) is 0 Å². The molecule has 0 spiro atoms. The van der Waals surface area contributed by atoms with Crippen LogP contribution < -0.4 is 25.2 Å². The minimum absolute atomic E-state index is 0.0442. The predicted octanol–water partition coefficient (Wildman–Crippen LogP) is 2.44. The summed E-state index contributed by atoms with van der Waals surface area (Å²) in [5.74, 6) is -1.77. The van der Waals surface area contributed by atoms with E-state index in [-0.39, 0.29) is 44.2 Å². The van der Waals surface area contributed by atoms with Crippen molar-refractivity contribution in [3.05, 3.63) is 44.7 Å². The van der Waals surface area contributed by atoms with Gasteiger partial charge in [0.05, 0.1) is 25.5 Å². The number of nitrogens with zero attached hydrogens (tertiary/aromatic N) is 2. The van der Waals surface area contributed by atoms with Crippen molar-refractivity contribution in [2.75, 3.05) is 19.1 Å². The summed E-state index contributed by atoms with van der Waals surface area (Å²) in [6.45, 7) is 1.53. The van der Waals surface area contributed by atoms with Gasteiger partial charge in [-0.3, -0.25) is 9.59 Å². The van der Waals surface area contributed by atoms with Crippen LogP contribution in [0.1, 0.15) is 25.7 Å². The minimum atomic E-state index is -4.24. The van der Waals surface area contributed by atoms with E-state index in [4.69, 9.17) is 36.5 Å². The van der Waals surface area contributed by atoms with Crippen LogP contribution in [-0.2, 0) is 10.0 Å². The van der Waals surface area contributed by atoms with E-state index in [9.17, 15) is 18.0 Å². The molecule has 2 aromatic heterocycles. The number of hydrogen-bond donors (Lipinski definition) is 2. The molecule has 0 bridgehead atoms. The molecule has 3 aromatic rings. The molecule has 0 unspecified atom stereocenters. The second kappa shape index (κ2) is 8.78. The summed E-state index contributed by atoms with van der Waals surface area (Å²) in [5, 5.41) is 10.3. The van der Waals surface area contributed by atoms with Crippen molar-refractivity contribution in [3.8, 4) is 11.5 Å². The van der Waals surface area contributed by atoms with Crippen molar-refractivity contribution in [2.45, 2.75) is 11.8 Å². The summed E-state index contributed by atoms with van der Waals surface area (Å²) in [6, 6.07) is 3.75. The average molecular weight is 501 g/mol. The zero-order valence-electron chi connectivity index (χ0n) is 16.9. The highest BCUT2D eigenvalue weighted by atomic mass is 35.5. The molecular weight excluding hydrogens is 484 g/mol. The van der Waals surface area contributed by atoms with E-state index < -0.39 is 26.7 Å². The lowest BCUT2D eigenvalue weighted by atomic mass is 10.1. The van der Waals surface area contributed by atoms with Gasteiger partial charge in [0.2, 0.25) is 10.0 Å². The highest BCUT2D eigenvalue weighted by Gasteiger charge is 2.34. The number of halogens is 1. The molecule has 0 radical (unpaired) electrons. The van der Waals surface area contributed by atoms with Crippen LogP contribution in [0, 0.1) is 6.92 Å². The zero-order valence-corrected chi connectivity index (χ0v) is 19.3. The third-order valence-corrected chi connectivity index (χ3v) is 6.74. The first kappa shape index (κ1) is 23.5. The van der Waals surface area contributed by atoms with Crippen LogP contribution in [-0.4, -0.2) is 39.6 Å². The van der Waals surface area contributed by atoms with Crippen molar-refractivity contribution >= 4 is 56.3 Å². The Morgan fingerprint density at radius 1 is 1.22 bits per heavy atom. The molecular formula is C18H17ClN4O7S2. The largest absolute Gasteiger partial charge is 0.493 e. The minimum Gasteiger partial charge on any atom is -0.493 e. The van der Waals surface area contributed by atoms with Gasteiger partial charge < -0.3 is 19.7 Å². The fourth-order valence-electron chi connectivity index (χ4n) is 2.83. The molecule has 11 nitrogen and oxygen atoms in total. The van der Waals surface area contributed by atoms with E-state index in [1.807, 2.05) is 0 Å². The lowest BCUT2D eigenvalue weighted by Crippen LogP contribution is -2.30. The van der Waals surface area contributed by atoms with E-state index >= 15 is 0 Å². The molecule has 4 N–H and O–H groups in total. The number of amides is 2. The van der Waals surface area contributed by atoms with Crippen molar-refractivity contribution in [1.29, 1.82) is 0 Å². The molecule has 0 saturated heterocycles. The van der Waals surface area contributed by atoms with E-state index in [0.29, 0.717) is 0 Å². The number of sulfonamides is 1. The Balaban J connectivity index is 2.36. The Kier molecular flexibility index (Phi) is 6.46. The number of ether oxygens (including phenoxy) is 2. The van der Waals surface area contributed by atoms with Crippen LogP contribution in [0.25, 0.3) is 0 Å². The monoisotopic (exact) mass is 500 g/mol. The molecule has 170 valence electrons. The number of primary amides is 1. The number of thiophene rings is 1. The number of hydrogen-bond acceptors (Lipinski definition) is 9. The Morgan fingerprint density at radius 3 is 2.34 bits per heavy atom. The summed E-state index contributed by atoms with van der Waals surface area (Å²) in [7, 11) is -1.54. The molecule has 0 saturated carbocycles. The van der Waals surface area contributed by atoms with E-state index in [1.165, 1.54) is 44.7 Å². The summed E-state index contributed by atoms with van der Waals surface area (Å²) in [6.07, 6.45) is 0. The van der Waals surface area contributed by atoms with Crippen LogP contribution in [0.5, 0.6) is 11.5 Å². The Bertz CT molecular complexity index is 1320. The highest BCUT2D eigenvalue weighted by molar-refractivity contribution is 7.89. The standard InChI is InChI=1S/C18H17ClN4O7S2/c1-8-14(19)18(30-22-8)23(17(25)15-13(4-5-31-15)32(21,26)27)10-7-12(29-3)11(28-2)6-9(10)16(20)24/h4-7H,1-3H3,(H2,20,24)(H2,21,26,27). The van der Waals surface area contributed by atoms with Crippen molar-refractivity contribution in [2.24, 2.45) is 10.9 Å². The lowest BCUT2D eigenvalue weighted by Gasteiger charge is -2.23. The Hall–Kier alpha value is -3.13. The molecule has 0 aliphatic rings. The van der Waals surface area contributed by atoms with Crippen molar-refractivity contribution in [3.63, 3.8) is 0 Å². The normalized spacial score (nSPS) is 11.3. The van der Waals surface area contributed by atoms with E-state index in [0.717, 1.165) is 16.2 Å². The third kappa shape index (κ3) is 4.14. The smallest absolute Gasteiger partial charge is 0.276 e. The molecule has 1 aromatic carbocycles. The Labute approximate surface area is 191 Å². The molecule has 0 aliphatic carbocycles. The van der Waals surface area contributed by atoms with Gasteiger partial charge in [0, 0.05) is 6.07 Å². The molecule has 0 atom stereocenters. The number of aromatic nitrogens is 1. The van der Waals surface area contributed by atoms with E-state index in [2.05, 4.69) is 5.16 Å². The number of carbonyl (C=O) groups is 2. The van der Waals surface area contributed by atoms with Gasteiger partial charge in [-0.1, -0.05) is 16.8 Å².